The molecule has 1 N–H and O–H groups in total. The lowest BCUT2D eigenvalue weighted by Gasteiger charge is -2.34. The van der Waals surface area contributed by atoms with E-state index in [9.17, 15) is 9.59 Å². The zero-order valence-electron chi connectivity index (χ0n) is 13.1. The molecule has 1 aliphatic heterocycles. The molecule has 5 nitrogen and oxygen atoms in total. The van der Waals surface area contributed by atoms with E-state index in [1.54, 1.807) is 0 Å². The Kier molecular flexibility index (Phi) is 5.85. The van der Waals surface area contributed by atoms with Gasteiger partial charge in [-0.05, 0) is 46.2 Å². The monoisotopic (exact) mass is 455 g/mol. The fraction of sp³-hybridized carbons (Fsp3) is 0.294. The molecule has 1 aromatic carbocycles. The molecule has 0 saturated carbocycles. The zero-order chi connectivity index (χ0) is 16.9. The van der Waals surface area contributed by atoms with Gasteiger partial charge in [-0.25, -0.2) is 0 Å². The van der Waals surface area contributed by atoms with Crippen LogP contribution in [0.15, 0.2) is 41.8 Å². The third-order valence-corrected chi connectivity index (χ3v) is 5.71. The van der Waals surface area contributed by atoms with Crippen molar-refractivity contribution in [2.75, 3.05) is 38.0 Å². The van der Waals surface area contributed by atoms with Crippen molar-refractivity contribution in [3.05, 3.63) is 50.2 Å². The Bertz CT molecular complexity index is 712. The van der Waals surface area contributed by atoms with Crippen LogP contribution >= 0.6 is 33.9 Å². The number of nitrogens with zero attached hydrogens (tertiary/aromatic N) is 2. The topological polar surface area (TPSA) is 52.7 Å². The summed E-state index contributed by atoms with van der Waals surface area (Å²) in [4.78, 5) is 29.2. The Morgan fingerprint density at radius 2 is 1.83 bits per heavy atom. The van der Waals surface area contributed by atoms with Crippen LogP contribution < -0.4 is 5.32 Å². The van der Waals surface area contributed by atoms with Crippen LogP contribution in [-0.2, 0) is 4.79 Å². The van der Waals surface area contributed by atoms with Crippen LogP contribution in [0.1, 0.15) is 9.67 Å². The van der Waals surface area contributed by atoms with Gasteiger partial charge < -0.3 is 10.2 Å². The van der Waals surface area contributed by atoms with Gasteiger partial charge in [-0.1, -0.05) is 18.2 Å². The van der Waals surface area contributed by atoms with Crippen molar-refractivity contribution in [3.63, 3.8) is 0 Å². The number of carbonyl (C=O) groups excluding carboxylic acids is 2. The Morgan fingerprint density at radius 1 is 1.08 bits per heavy atom. The number of rotatable bonds is 4. The Morgan fingerprint density at radius 3 is 2.50 bits per heavy atom. The highest BCUT2D eigenvalue weighted by Gasteiger charge is 2.23. The van der Waals surface area contributed by atoms with Crippen LogP contribution in [0.2, 0.25) is 0 Å². The molecule has 24 heavy (non-hydrogen) atoms. The van der Waals surface area contributed by atoms with Gasteiger partial charge in [0.2, 0.25) is 5.91 Å². The average Bonchev–Trinajstić information content (AvgIpc) is 3.11. The first-order valence-electron chi connectivity index (χ1n) is 7.73. The minimum atomic E-state index is -0.0165. The minimum Gasteiger partial charge on any atom is -0.335 e. The van der Waals surface area contributed by atoms with Gasteiger partial charge in [0.1, 0.15) is 0 Å². The number of amides is 2. The van der Waals surface area contributed by atoms with Gasteiger partial charge in [-0.15, -0.1) is 11.3 Å². The van der Waals surface area contributed by atoms with Gasteiger partial charge >= 0.3 is 0 Å². The molecule has 7 heteroatoms. The molecule has 1 saturated heterocycles. The van der Waals surface area contributed by atoms with Crippen LogP contribution in [0.4, 0.5) is 5.69 Å². The molecule has 1 aliphatic rings. The molecule has 0 bridgehead atoms. The molecule has 2 heterocycles. The maximum absolute atomic E-state index is 12.3. The number of benzene rings is 1. The fourth-order valence-corrected chi connectivity index (χ4v) is 3.83. The highest BCUT2D eigenvalue weighted by atomic mass is 127. The number of para-hydroxylation sites is 1. The molecule has 2 amide bonds. The molecule has 0 aliphatic carbocycles. The quantitative estimate of drug-likeness (QED) is 0.722. The van der Waals surface area contributed by atoms with E-state index in [4.69, 9.17) is 0 Å². The first-order chi connectivity index (χ1) is 11.6. The number of piperazine rings is 1. The summed E-state index contributed by atoms with van der Waals surface area (Å²) in [6.07, 6.45) is 0. The third-order valence-electron chi connectivity index (χ3n) is 3.91. The molecule has 1 aromatic heterocycles. The second-order valence-electron chi connectivity index (χ2n) is 5.57. The lowest BCUT2D eigenvalue weighted by molar-refractivity contribution is -0.117. The number of thiophene rings is 1. The second kappa shape index (κ2) is 8.09. The van der Waals surface area contributed by atoms with E-state index < -0.39 is 0 Å². The van der Waals surface area contributed by atoms with Gasteiger partial charge in [0.25, 0.3) is 5.91 Å². The van der Waals surface area contributed by atoms with E-state index >= 15 is 0 Å². The predicted octanol–water partition coefficient (Wildman–Crippen LogP) is 2.75. The van der Waals surface area contributed by atoms with E-state index in [1.165, 1.54) is 11.3 Å². The van der Waals surface area contributed by atoms with Gasteiger partial charge in [0.15, 0.2) is 0 Å². The summed E-state index contributed by atoms with van der Waals surface area (Å²) in [5.74, 6) is 0.0742. The second-order valence-corrected chi connectivity index (χ2v) is 7.68. The van der Waals surface area contributed by atoms with E-state index in [0.29, 0.717) is 19.6 Å². The van der Waals surface area contributed by atoms with Crippen molar-refractivity contribution in [2.24, 2.45) is 0 Å². The Balaban J connectivity index is 1.48. The Labute approximate surface area is 158 Å². The van der Waals surface area contributed by atoms with Gasteiger partial charge in [-0.3, -0.25) is 14.5 Å². The molecule has 0 unspecified atom stereocenters. The molecule has 3 rings (SSSR count). The SMILES string of the molecule is O=C(CN1CCN(C(=O)c2cccs2)CC1)Nc1ccccc1I. The number of anilines is 1. The molecule has 126 valence electrons. The summed E-state index contributed by atoms with van der Waals surface area (Å²) in [6, 6.07) is 11.5. The molecule has 1 fully saturated rings. The first kappa shape index (κ1) is 17.4. The summed E-state index contributed by atoms with van der Waals surface area (Å²) < 4.78 is 1.02. The standard InChI is InChI=1S/C17H18IN3O2S/c18-13-4-1-2-5-14(13)19-16(22)12-20-7-9-21(10-8-20)17(23)15-6-3-11-24-15/h1-6,11H,7-10,12H2,(H,19,22). The molecule has 2 aromatic rings. The lowest BCUT2D eigenvalue weighted by Crippen LogP contribution is -2.50. The van der Waals surface area contributed by atoms with E-state index in [2.05, 4.69) is 32.8 Å². The highest BCUT2D eigenvalue weighted by Crippen LogP contribution is 2.17. The van der Waals surface area contributed by atoms with Gasteiger partial charge in [0, 0.05) is 29.7 Å². The van der Waals surface area contributed by atoms with Crippen LogP contribution in [0.25, 0.3) is 0 Å². The fourth-order valence-electron chi connectivity index (χ4n) is 2.62. The van der Waals surface area contributed by atoms with Gasteiger partial charge in [0.05, 0.1) is 17.1 Å². The number of carbonyl (C=O) groups is 2. The summed E-state index contributed by atoms with van der Waals surface area (Å²) in [5, 5.41) is 4.86. The van der Waals surface area contributed by atoms with Crippen molar-refractivity contribution in [2.45, 2.75) is 0 Å². The average molecular weight is 455 g/mol. The number of halogens is 1. The summed E-state index contributed by atoms with van der Waals surface area (Å²) >= 11 is 3.68. The zero-order valence-corrected chi connectivity index (χ0v) is 16.0. The van der Waals surface area contributed by atoms with Crippen LogP contribution in [0.3, 0.4) is 0 Å². The van der Waals surface area contributed by atoms with Crippen molar-refractivity contribution in [1.82, 2.24) is 9.80 Å². The summed E-state index contributed by atoms with van der Waals surface area (Å²) in [6.45, 7) is 3.11. The lowest BCUT2D eigenvalue weighted by atomic mass is 10.2. The van der Waals surface area contributed by atoms with Crippen molar-refractivity contribution in [1.29, 1.82) is 0 Å². The highest BCUT2D eigenvalue weighted by molar-refractivity contribution is 14.1. The van der Waals surface area contributed by atoms with Gasteiger partial charge in [-0.2, -0.15) is 0 Å². The van der Waals surface area contributed by atoms with Crippen LogP contribution in [0, 0.1) is 3.57 Å². The molecular formula is C17H18IN3O2S. The molecular weight excluding hydrogens is 437 g/mol. The van der Waals surface area contributed by atoms with Crippen molar-refractivity contribution < 1.29 is 9.59 Å². The third kappa shape index (κ3) is 4.34. The smallest absolute Gasteiger partial charge is 0.264 e. The molecule has 0 radical (unpaired) electrons. The summed E-state index contributed by atoms with van der Waals surface area (Å²) in [7, 11) is 0. The maximum Gasteiger partial charge on any atom is 0.264 e. The van der Waals surface area contributed by atoms with Crippen LogP contribution in [0.5, 0.6) is 0 Å². The largest absolute Gasteiger partial charge is 0.335 e. The predicted molar refractivity (Wildman–Crippen MR) is 104 cm³/mol. The normalized spacial score (nSPS) is 15.3. The van der Waals surface area contributed by atoms with Crippen molar-refractivity contribution in [3.8, 4) is 0 Å². The van der Waals surface area contributed by atoms with E-state index in [0.717, 1.165) is 27.2 Å². The number of hydrogen-bond donors (Lipinski definition) is 1. The Hall–Kier alpha value is -1.45. The van der Waals surface area contributed by atoms with E-state index in [-0.39, 0.29) is 11.8 Å². The van der Waals surface area contributed by atoms with Crippen LogP contribution in [-0.4, -0.2) is 54.3 Å². The molecule has 0 atom stereocenters. The van der Waals surface area contributed by atoms with E-state index in [1.807, 2.05) is 46.7 Å². The molecule has 0 spiro atoms. The number of nitrogens with one attached hydrogen (secondary N) is 1. The maximum atomic E-state index is 12.3. The minimum absolute atomic E-state index is 0.0165. The number of hydrogen-bond acceptors (Lipinski definition) is 4. The summed E-state index contributed by atoms with van der Waals surface area (Å²) in [5.41, 5.74) is 0.842. The van der Waals surface area contributed by atoms with Crippen molar-refractivity contribution >= 4 is 51.4 Å². The first-order valence-corrected chi connectivity index (χ1v) is 9.69.